The summed E-state index contributed by atoms with van der Waals surface area (Å²) in [6, 6.07) is 1.83. The minimum Gasteiger partial charge on any atom is -0.481 e. The van der Waals surface area contributed by atoms with Gasteiger partial charge in [-0.25, -0.2) is 9.97 Å². The Kier molecular flexibility index (Phi) is 3.76. The van der Waals surface area contributed by atoms with Crippen LogP contribution >= 0.6 is 0 Å². The van der Waals surface area contributed by atoms with Gasteiger partial charge in [-0.3, -0.25) is 4.79 Å². The SMILES string of the molecule is C=CCNc1cc(N2CCC(C(=O)O)C2)ncn1. The summed E-state index contributed by atoms with van der Waals surface area (Å²) in [5.74, 6) is 0.445. The molecule has 0 aliphatic carbocycles. The molecule has 2 N–H and O–H groups in total. The maximum Gasteiger partial charge on any atom is 0.308 e. The number of aliphatic carboxylic acids is 1. The van der Waals surface area contributed by atoms with Crippen molar-refractivity contribution in [1.29, 1.82) is 0 Å². The highest BCUT2D eigenvalue weighted by molar-refractivity contribution is 5.72. The monoisotopic (exact) mass is 248 g/mol. The van der Waals surface area contributed by atoms with Crippen molar-refractivity contribution in [2.45, 2.75) is 6.42 Å². The van der Waals surface area contributed by atoms with Crippen LogP contribution in [0.2, 0.25) is 0 Å². The first kappa shape index (κ1) is 12.3. The summed E-state index contributed by atoms with van der Waals surface area (Å²) < 4.78 is 0. The Labute approximate surface area is 105 Å². The first-order valence-corrected chi connectivity index (χ1v) is 5.85. The lowest BCUT2D eigenvalue weighted by Gasteiger charge is -2.17. The largest absolute Gasteiger partial charge is 0.481 e. The lowest BCUT2D eigenvalue weighted by Crippen LogP contribution is -2.23. The van der Waals surface area contributed by atoms with E-state index in [0.717, 1.165) is 18.2 Å². The van der Waals surface area contributed by atoms with Crippen LogP contribution in [0.25, 0.3) is 0 Å². The Bertz CT molecular complexity index is 449. The third kappa shape index (κ3) is 2.77. The van der Waals surface area contributed by atoms with E-state index in [1.54, 1.807) is 6.08 Å². The Morgan fingerprint density at radius 2 is 2.50 bits per heavy atom. The van der Waals surface area contributed by atoms with Gasteiger partial charge in [-0.2, -0.15) is 0 Å². The molecule has 0 amide bonds. The second-order valence-corrected chi connectivity index (χ2v) is 4.20. The first-order valence-electron chi connectivity index (χ1n) is 5.85. The number of hydrogen-bond donors (Lipinski definition) is 2. The Morgan fingerprint density at radius 1 is 1.67 bits per heavy atom. The molecule has 1 unspecified atom stereocenters. The van der Waals surface area contributed by atoms with E-state index in [4.69, 9.17) is 5.11 Å². The summed E-state index contributed by atoms with van der Waals surface area (Å²) in [6.07, 6.45) is 3.89. The van der Waals surface area contributed by atoms with Crippen molar-refractivity contribution in [3.63, 3.8) is 0 Å². The van der Waals surface area contributed by atoms with Crippen LogP contribution < -0.4 is 10.2 Å². The number of carboxylic acid groups (broad SMARTS) is 1. The third-order valence-electron chi connectivity index (χ3n) is 2.94. The van der Waals surface area contributed by atoms with Crippen molar-refractivity contribution in [1.82, 2.24) is 9.97 Å². The third-order valence-corrected chi connectivity index (χ3v) is 2.94. The lowest BCUT2D eigenvalue weighted by atomic mass is 10.1. The topological polar surface area (TPSA) is 78.4 Å². The Morgan fingerprint density at radius 3 is 3.17 bits per heavy atom. The van der Waals surface area contributed by atoms with Gasteiger partial charge in [-0.1, -0.05) is 6.08 Å². The molecule has 1 saturated heterocycles. The van der Waals surface area contributed by atoms with Gasteiger partial charge < -0.3 is 15.3 Å². The Hall–Kier alpha value is -2.11. The number of carbonyl (C=O) groups is 1. The summed E-state index contributed by atoms with van der Waals surface area (Å²) in [4.78, 5) is 21.1. The fourth-order valence-electron chi connectivity index (χ4n) is 1.96. The second kappa shape index (κ2) is 5.48. The number of carboxylic acids is 1. The highest BCUT2D eigenvalue weighted by Gasteiger charge is 2.28. The van der Waals surface area contributed by atoms with Gasteiger partial charge in [0, 0.05) is 25.7 Å². The molecule has 1 aliphatic heterocycles. The minimum atomic E-state index is -0.739. The van der Waals surface area contributed by atoms with E-state index in [9.17, 15) is 4.79 Å². The average molecular weight is 248 g/mol. The first-order chi connectivity index (χ1) is 8.70. The van der Waals surface area contributed by atoms with E-state index in [-0.39, 0.29) is 5.92 Å². The van der Waals surface area contributed by atoms with E-state index in [1.165, 1.54) is 6.33 Å². The molecule has 0 radical (unpaired) electrons. The van der Waals surface area contributed by atoms with E-state index in [1.807, 2.05) is 11.0 Å². The van der Waals surface area contributed by atoms with Gasteiger partial charge in [0.1, 0.15) is 18.0 Å². The molecule has 0 saturated carbocycles. The molecule has 0 bridgehead atoms. The van der Waals surface area contributed by atoms with Gasteiger partial charge in [0.25, 0.3) is 0 Å². The normalized spacial score (nSPS) is 18.7. The molecule has 2 heterocycles. The van der Waals surface area contributed by atoms with Crippen LogP contribution in [0.5, 0.6) is 0 Å². The number of anilines is 2. The van der Waals surface area contributed by atoms with Crippen molar-refractivity contribution >= 4 is 17.6 Å². The molecule has 6 nitrogen and oxygen atoms in total. The van der Waals surface area contributed by atoms with Crippen molar-refractivity contribution in [2.24, 2.45) is 5.92 Å². The van der Waals surface area contributed by atoms with Gasteiger partial charge in [0.05, 0.1) is 5.92 Å². The smallest absolute Gasteiger partial charge is 0.308 e. The van der Waals surface area contributed by atoms with Crippen LogP contribution in [0.4, 0.5) is 11.6 Å². The standard InChI is InChI=1S/C12H16N4O2/c1-2-4-13-10-6-11(15-8-14-10)16-5-3-9(7-16)12(17)18/h2,6,8-9H,1,3-5,7H2,(H,17,18)(H,13,14,15). The van der Waals surface area contributed by atoms with Crippen molar-refractivity contribution < 1.29 is 9.90 Å². The zero-order valence-electron chi connectivity index (χ0n) is 10.0. The molecule has 18 heavy (non-hydrogen) atoms. The van der Waals surface area contributed by atoms with Gasteiger partial charge in [-0.15, -0.1) is 6.58 Å². The molecule has 96 valence electrons. The summed E-state index contributed by atoms with van der Waals surface area (Å²) in [6.45, 7) is 5.48. The highest BCUT2D eigenvalue weighted by Crippen LogP contribution is 2.23. The van der Waals surface area contributed by atoms with E-state index >= 15 is 0 Å². The molecule has 1 aliphatic rings. The van der Waals surface area contributed by atoms with Crippen LogP contribution in [0.1, 0.15) is 6.42 Å². The van der Waals surface area contributed by atoms with Crippen molar-refractivity contribution in [3.8, 4) is 0 Å². The van der Waals surface area contributed by atoms with Gasteiger partial charge in [0.2, 0.25) is 0 Å². The van der Waals surface area contributed by atoms with E-state index in [2.05, 4.69) is 21.9 Å². The summed E-state index contributed by atoms with van der Waals surface area (Å²) in [5, 5.41) is 12.0. The fraction of sp³-hybridized carbons (Fsp3) is 0.417. The average Bonchev–Trinajstić information content (AvgIpc) is 2.86. The maximum atomic E-state index is 10.9. The Balaban J connectivity index is 2.05. The molecular formula is C12H16N4O2. The number of hydrogen-bond acceptors (Lipinski definition) is 5. The zero-order valence-corrected chi connectivity index (χ0v) is 10.0. The van der Waals surface area contributed by atoms with Crippen LogP contribution in [0.3, 0.4) is 0 Å². The summed E-state index contributed by atoms with van der Waals surface area (Å²) in [7, 11) is 0. The van der Waals surface area contributed by atoms with Gasteiger partial charge in [-0.05, 0) is 6.42 Å². The number of nitrogens with zero attached hydrogens (tertiary/aromatic N) is 3. The van der Waals surface area contributed by atoms with Crippen LogP contribution in [-0.2, 0) is 4.79 Å². The quantitative estimate of drug-likeness (QED) is 0.756. The van der Waals surface area contributed by atoms with Crippen molar-refractivity contribution in [2.75, 3.05) is 29.9 Å². The molecular weight excluding hydrogens is 232 g/mol. The van der Waals surface area contributed by atoms with Gasteiger partial charge >= 0.3 is 5.97 Å². The van der Waals surface area contributed by atoms with E-state index in [0.29, 0.717) is 19.5 Å². The highest BCUT2D eigenvalue weighted by atomic mass is 16.4. The molecule has 1 fully saturated rings. The molecule has 1 aromatic rings. The van der Waals surface area contributed by atoms with E-state index < -0.39 is 5.97 Å². The predicted molar refractivity (Wildman–Crippen MR) is 68.7 cm³/mol. The lowest BCUT2D eigenvalue weighted by molar-refractivity contribution is -0.140. The maximum absolute atomic E-state index is 10.9. The number of aromatic nitrogens is 2. The second-order valence-electron chi connectivity index (χ2n) is 4.20. The van der Waals surface area contributed by atoms with Crippen LogP contribution in [0.15, 0.2) is 25.0 Å². The van der Waals surface area contributed by atoms with Crippen LogP contribution in [-0.4, -0.2) is 40.7 Å². The summed E-state index contributed by atoms with van der Waals surface area (Å²) >= 11 is 0. The molecule has 1 atom stereocenters. The molecule has 1 aromatic heterocycles. The number of nitrogens with one attached hydrogen (secondary N) is 1. The zero-order chi connectivity index (χ0) is 13.0. The fourth-order valence-corrected chi connectivity index (χ4v) is 1.96. The summed E-state index contributed by atoms with van der Waals surface area (Å²) in [5.41, 5.74) is 0. The molecule has 6 heteroatoms. The molecule has 2 rings (SSSR count). The van der Waals surface area contributed by atoms with Gasteiger partial charge in [0.15, 0.2) is 0 Å². The van der Waals surface area contributed by atoms with Crippen LogP contribution in [0, 0.1) is 5.92 Å². The molecule has 0 spiro atoms. The number of rotatable bonds is 5. The predicted octanol–water partition coefficient (Wildman–Crippen LogP) is 0.985. The molecule has 0 aromatic carbocycles. The minimum absolute atomic E-state index is 0.301. The van der Waals surface area contributed by atoms with Crippen molar-refractivity contribution in [3.05, 3.63) is 25.0 Å².